The van der Waals surface area contributed by atoms with E-state index in [2.05, 4.69) is 13.8 Å². The van der Waals surface area contributed by atoms with E-state index >= 15 is 0 Å². The van der Waals surface area contributed by atoms with E-state index in [0.29, 0.717) is 5.75 Å². The van der Waals surface area contributed by atoms with Crippen LogP contribution >= 0.6 is 0 Å². The first kappa shape index (κ1) is 12.9. The van der Waals surface area contributed by atoms with Crippen molar-refractivity contribution in [1.82, 2.24) is 0 Å². The Morgan fingerprint density at radius 2 is 2.17 bits per heavy atom. The van der Waals surface area contributed by atoms with E-state index in [1.54, 1.807) is 0 Å². The first-order valence-electron chi connectivity index (χ1n) is 6.35. The summed E-state index contributed by atoms with van der Waals surface area (Å²) in [5, 5.41) is 0. The van der Waals surface area contributed by atoms with Crippen LogP contribution in [0.15, 0.2) is 18.2 Å². The van der Waals surface area contributed by atoms with Crippen molar-refractivity contribution in [2.45, 2.75) is 39.7 Å². The number of ether oxygens (including phenoxy) is 2. The van der Waals surface area contributed by atoms with Gasteiger partial charge >= 0.3 is 0 Å². The van der Waals surface area contributed by atoms with E-state index in [1.807, 2.05) is 32.0 Å². The van der Waals surface area contributed by atoms with Crippen LogP contribution < -0.4 is 9.47 Å². The highest BCUT2D eigenvalue weighted by Gasteiger charge is 2.32. The molecule has 2 rings (SSSR count). The normalized spacial score (nSPS) is 16.3. The number of hydrogen-bond acceptors (Lipinski definition) is 3. The molecule has 0 amide bonds. The Morgan fingerprint density at radius 1 is 1.44 bits per heavy atom. The zero-order valence-electron chi connectivity index (χ0n) is 11.4. The van der Waals surface area contributed by atoms with Crippen molar-refractivity contribution in [3.8, 4) is 11.5 Å². The summed E-state index contributed by atoms with van der Waals surface area (Å²) in [4.78, 5) is 11.6. The van der Waals surface area contributed by atoms with Crippen LogP contribution in [0.1, 0.15) is 33.3 Å². The zero-order chi connectivity index (χ0) is 13.3. The standard InChI is InChI=1S/C15H20O3/c1-10(2)12(16)9-17-13-7-5-6-11-8-15(3,4)18-14(11)13/h5-7,10H,8-9H2,1-4H3. The van der Waals surface area contributed by atoms with Gasteiger partial charge in [0.25, 0.3) is 0 Å². The minimum absolute atomic E-state index is 0.000815. The van der Waals surface area contributed by atoms with Gasteiger partial charge in [0.2, 0.25) is 0 Å². The van der Waals surface area contributed by atoms with Crippen LogP contribution in [-0.4, -0.2) is 18.0 Å². The summed E-state index contributed by atoms with van der Waals surface area (Å²) in [6.45, 7) is 7.96. The molecule has 0 bridgehead atoms. The second kappa shape index (κ2) is 4.63. The van der Waals surface area contributed by atoms with Crippen molar-refractivity contribution in [3.63, 3.8) is 0 Å². The van der Waals surface area contributed by atoms with Gasteiger partial charge in [-0.3, -0.25) is 4.79 Å². The van der Waals surface area contributed by atoms with Crippen molar-refractivity contribution in [2.75, 3.05) is 6.61 Å². The lowest BCUT2D eigenvalue weighted by molar-refractivity contribution is -0.123. The number of para-hydroxylation sites is 1. The van der Waals surface area contributed by atoms with Crippen LogP contribution in [-0.2, 0) is 11.2 Å². The molecule has 0 saturated heterocycles. The first-order valence-corrected chi connectivity index (χ1v) is 6.35. The number of rotatable bonds is 4. The van der Waals surface area contributed by atoms with Crippen LogP contribution in [0.3, 0.4) is 0 Å². The third-order valence-electron chi connectivity index (χ3n) is 3.07. The summed E-state index contributed by atoms with van der Waals surface area (Å²) >= 11 is 0. The van der Waals surface area contributed by atoms with Crippen molar-refractivity contribution in [2.24, 2.45) is 5.92 Å². The highest BCUT2D eigenvalue weighted by atomic mass is 16.5. The smallest absolute Gasteiger partial charge is 0.172 e. The number of carbonyl (C=O) groups is 1. The van der Waals surface area contributed by atoms with Crippen LogP contribution in [0.25, 0.3) is 0 Å². The number of Topliss-reactive ketones (excluding diaryl/α,β-unsaturated/α-hetero) is 1. The van der Waals surface area contributed by atoms with E-state index in [4.69, 9.17) is 9.47 Å². The third-order valence-corrected chi connectivity index (χ3v) is 3.07. The molecule has 1 aliphatic heterocycles. The molecular formula is C15H20O3. The third kappa shape index (κ3) is 2.66. The number of ketones is 1. The Labute approximate surface area is 108 Å². The van der Waals surface area contributed by atoms with Gasteiger partial charge in [0.15, 0.2) is 17.3 Å². The van der Waals surface area contributed by atoms with Crippen LogP contribution in [0.4, 0.5) is 0 Å². The van der Waals surface area contributed by atoms with Gasteiger partial charge in [-0.2, -0.15) is 0 Å². The van der Waals surface area contributed by atoms with E-state index in [1.165, 1.54) is 0 Å². The van der Waals surface area contributed by atoms with Gasteiger partial charge < -0.3 is 9.47 Å². The minimum Gasteiger partial charge on any atom is -0.483 e. The van der Waals surface area contributed by atoms with Gasteiger partial charge in [0.05, 0.1) is 0 Å². The van der Waals surface area contributed by atoms with Gasteiger partial charge in [0, 0.05) is 17.9 Å². The summed E-state index contributed by atoms with van der Waals surface area (Å²) < 4.78 is 11.5. The molecule has 1 aromatic carbocycles. The zero-order valence-corrected chi connectivity index (χ0v) is 11.4. The van der Waals surface area contributed by atoms with Gasteiger partial charge in [-0.15, -0.1) is 0 Å². The molecule has 3 heteroatoms. The van der Waals surface area contributed by atoms with Crippen molar-refractivity contribution < 1.29 is 14.3 Å². The van der Waals surface area contributed by atoms with E-state index in [-0.39, 0.29) is 23.9 Å². The lowest BCUT2D eigenvalue weighted by atomic mass is 10.0. The molecule has 0 atom stereocenters. The number of hydrogen-bond donors (Lipinski definition) is 0. The van der Waals surface area contributed by atoms with E-state index in [0.717, 1.165) is 17.7 Å². The van der Waals surface area contributed by atoms with Crippen LogP contribution in [0.2, 0.25) is 0 Å². The molecule has 0 fully saturated rings. The molecule has 0 saturated carbocycles. The van der Waals surface area contributed by atoms with E-state index in [9.17, 15) is 4.79 Å². The SMILES string of the molecule is CC(C)C(=O)COc1cccc2c1OC(C)(C)C2. The molecule has 0 aromatic heterocycles. The average molecular weight is 248 g/mol. The predicted octanol–water partition coefficient (Wildman–Crippen LogP) is 3.00. The fourth-order valence-electron chi connectivity index (χ4n) is 2.02. The summed E-state index contributed by atoms with van der Waals surface area (Å²) in [5.74, 6) is 1.56. The Morgan fingerprint density at radius 3 is 2.83 bits per heavy atom. The van der Waals surface area contributed by atoms with Crippen LogP contribution in [0, 0.1) is 5.92 Å². The maximum atomic E-state index is 11.6. The average Bonchev–Trinajstić information content (AvgIpc) is 2.59. The summed E-state index contributed by atoms with van der Waals surface area (Å²) in [7, 11) is 0. The molecule has 0 spiro atoms. The molecule has 1 aliphatic rings. The van der Waals surface area contributed by atoms with Crippen molar-refractivity contribution in [3.05, 3.63) is 23.8 Å². The second-order valence-electron chi connectivity index (χ2n) is 5.69. The van der Waals surface area contributed by atoms with Crippen LogP contribution in [0.5, 0.6) is 11.5 Å². The molecule has 0 aliphatic carbocycles. The maximum Gasteiger partial charge on any atom is 0.172 e. The van der Waals surface area contributed by atoms with E-state index < -0.39 is 0 Å². The minimum atomic E-state index is -0.191. The number of fused-ring (bicyclic) bond motifs is 1. The lowest BCUT2D eigenvalue weighted by Gasteiger charge is -2.18. The molecule has 1 heterocycles. The summed E-state index contributed by atoms with van der Waals surface area (Å²) in [5.41, 5.74) is 0.957. The largest absolute Gasteiger partial charge is 0.483 e. The van der Waals surface area contributed by atoms with Crippen molar-refractivity contribution >= 4 is 5.78 Å². The molecule has 18 heavy (non-hydrogen) atoms. The molecule has 0 N–H and O–H groups in total. The Hall–Kier alpha value is -1.51. The van der Waals surface area contributed by atoms with Gasteiger partial charge in [0.1, 0.15) is 12.2 Å². The predicted molar refractivity (Wildman–Crippen MR) is 70.2 cm³/mol. The molecule has 1 aromatic rings. The lowest BCUT2D eigenvalue weighted by Crippen LogP contribution is -2.25. The summed E-state index contributed by atoms with van der Waals surface area (Å²) in [6.07, 6.45) is 0.873. The number of benzene rings is 1. The van der Waals surface area contributed by atoms with Crippen molar-refractivity contribution in [1.29, 1.82) is 0 Å². The number of carbonyl (C=O) groups excluding carboxylic acids is 1. The van der Waals surface area contributed by atoms with Gasteiger partial charge in [-0.05, 0) is 19.9 Å². The Bertz CT molecular complexity index is 461. The molecule has 0 radical (unpaired) electrons. The summed E-state index contributed by atoms with van der Waals surface area (Å²) in [6, 6.07) is 5.84. The topological polar surface area (TPSA) is 35.5 Å². The monoisotopic (exact) mass is 248 g/mol. The fraction of sp³-hybridized carbons (Fsp3) is 0.533. The fourth-order valence-corrected chi connectivity index (χ4v) is 2.02. The maximum absolute atomic E-state index is 11.6. The second-order valence-corrected chi connectivity index (χ2v) is 5.69. The highest BCUT2D eigenvalue weighted by Crippen LogP contribution is 2.41. The van der Waals surface area contributed by atoms with Gasteiger partial charge in [-0.1, -0.05) is 26.0 Å². The highest BCUT2D eigenvalue weighted by molar-refractivity contribution is 5.81. The molecule has 98 valence electrons. The first-order chi connectivity index (χ1) is 8.39. The molecule has 0 unspecified atom stereocenters. The van der Waals surface area contributed by atoms with Gasteiger partial charge in [-0.25, -0.2) is 0 Å². The Kier molecular flexibility index (Phi) is 3.33. The quantitative estimate of drug-likeness (QED) is 0.821. The Balaban J connectivity index is 2.12. The molecular weight excluding hydrogens is 228 g/mol. The molecule has 3 nitrogen and oxygen atoms in total.